The first-order chi connectivity index (χ1) is 9.94. The largest absolute Gasteiger partial charge is 0.322 e. The van der Waals surface area contributed by atoms with Gasteiger partial charge < -0.3 is 5.32 Å². The van der Waals surface area contributed by atoms with Crippen molar-refractivity contribution in [1.82, 2.24) is 9.88 Å². The molecule has 0 aliphatic carbocycles. The molecule has 4 nitrogen and oxygen atoms in total. The third-order valence-electron chi connectivity index (χ3n) is 2.71. The molecule has 0 radical (unpaired) electrons. The molecule has 0 saturated heterocycles. The highest BCUT2D eigenvalue weighted by molar-refractivity contribution is 7.09. The molecule has 0 fully saturated rings. The summed E-state index contributed by atoms with van der Waals surface area (Å²) in [4.78, 5) is 17.9. The summed E-state index contributed by atoms with van der Waals surface area (Å²) < 4.78 is 26.4. The minimum Gasteiger partial charge on any atom is -0.322 e. The van der Waals surface area contributed by atoms with Crippen LogP contribution in [0.25, 0.3) is 0 Å². The normalized spacial score (nSPS) is 10.9. The number of thiazole rings is 1. The number of benzene rings is 1. The Bertz CT molecular complexity index is 645. The summed E-state index contributed by atoms with van der Waals surface area (Å²) in [6.45, 7) is 2.49. The summed E-state index contributed by atoms with van der Waals surface area (Å²) in [5.74, 6) is -1.67. The Kier molecular flexibility index (Phi) is 4.98. The van der Waals surface area contributed by atoms with Gasteiger partial charge in [0.2, 0.25) is 5.91 Å². The molecule has 7 heteroatoms. The average Bonchev–Trinajstić information content (AvgIpc) is 2.79. The summed E-state index contributed by atoms with van der Waals surface area (Å²) in [7, 11) is 1.76. The van der Waals surface area contributed by atoms with E-state index in [1.807, 2.05) is 12.3 Å². The van der Waals surface area contributed by atoms with E-state index in [2.05, 4.69) is 10.3 Å². The summed E-state index contributed by atoms with van der Waals surface area (Å²) in [6, 6.07) is 2.94. The van der Waals surface area contributed by atoms with Crippen LogP contribution >= 0.6 is 11.3 Å². The van der Waals surface area contributed by atoms with E-state index in [9.17, 15) is 13.6 Å². The highest BCUT2D eigenvalue weighted by atomic mass is 32.1. The number of aromatic nitrogens is 1. The molecule has 0 saturated carbocycles. The molecule has 0 spiro atoms. The maximum atomic E-state index is 13.4. The van der Waals surface area contributed by atoms with Crippen LogP contribution in [0.4, 0.5) is 14.5 Å². The molecule has 1 aromatic heterocycles. The highest BCUT2D eigenvalue weighted by Crippen LogP contribution is 2.15. The van der Waals surface area contributed by atoms with Gasteiger partial charge in [0.25, 0.3) is 0 Å². The van der Waals surface area contributed by atoms with Gasteiger partial charge in [-0.15, -0.1) is 11.3 Å². The van der Waals surface area contributed by atoms with Crippen LogP contribution in [0, 0.1) is 18.6 Å². The van der Waals surface area contributed by atoms with Crippen molar-refractivity contribution >= 4 is 22.9 Å². The maximum Gasteiger partial charge on any atom is 0.238 e. The lowest BCUT2D eigenvalue weighted by atomic mass is 10.3. The van der Waals surface area contributed by atoms with Crippen LogP contribution in [0.1, 0.15) is 10.7 Å². The van der Waals surface area contributed by atoms with E-state index in [1.54, 1.807) is 23.3 Å². The van der Waals surface area contributed by atoms with E-state index in [0.717, 1.165) is 28.9 Å². The second-order valence-electron chi connectivity index (χ2n) is 4.70. The number of rotatable bonds is 5. The number of carbonyl (C=O) groups is 1. The molecule has 1 aromatic carbocycles. The number of nitrogens with one attached hydrogen (secondary N) is 1. The standard InChI is InChI=1S/C14H15F2N3OS/c1-9-17-11(8-21-9)6-19(2)7-14(20)18-13-5-10(15)3-4-12(13)16/h3-5,8H,6-7H2,1-2H3,(H,18,20). The highest BCUT2D eigenvalue weighted by Gasteiger charge is 2.11. The number of likely N-dealkylation sites (N-methyl/N-ethyl adjacent to an activating group) is 1. The number of amides is 1. The number of hydrogen-bond donors (Lipinski definition) is 1. The van der Waals surface area contributed by atoms with Gasteiger partial charge in [-0.25, -0.2) is 13.8 Å². The Hall–Kier alpha value is -1.86. The van der Waals surface area contributed by atoms with Crippen molar-refractivity contribution in [1.29, 1.82) is 0 Å². The maximum absolute atomic E-state index is 13.4. The van der Waals surface area contributed by atoms with Gasteiger partial charge in [0, 0.05) is 18.0 Å². The minimum atomic E-state index is -0.664. The molecule has 2 aromatic rings. The Labute approximate surface area is 125 Å². The Morgan fingerprint density at radius 2 is 2.19 bits per heavy atom. The van der Waals surface area contributed by atoms with Crippen LogP contribution in [0.3, 0.4) is 0 Å². The van der Waals surface area contributed by atoms with E-state index in [-0.39, 0.29) is 12.2 Å². The van der Waals surface area contributed by atoms with E-state index >= 15 is 0 Å². The summed E-state index contributed by atoms with van der Waals surface area (Å²) in [5.41, 5.74) is 0.725. The molecular weight excluding hydrogens is 296 g/mol. The number of halogens is 2. The lowest BCUT2D eigenvalue weighted by Crippen LogP contribution is -2.30. The number of nitrogens with zero attached hydrogens (tertiary/aromatic N) is 2. The van der Waals surface area contributed by atoms with Gasteiger partial charge in [-0.2, -0.15) is 0 Å². The van der Waals surface area contributed by atoms with Crippen molar-refractivity contribution < 1.29 is 13.6 Å². The Morgan fingerprint density at radius 3 is 2.86 bits per heavy atom. The van der Waals surface area contributed by atoms with Crippen LogP contribution < -0.4 is 5.32 Å². The van der Waals surface area contributed by atoms with Gasteiger partial charge in [-0.1, -0.05) is 0 Å². The van der Waals surface area contributed by atoms with Crippen molar-refractivity contribution in [3.05, 3.63) is 45.9 Å². The molecule has 0 atom stereocenters. The van der Waals surface area contributed by atoms with Crippen LogP contribution in [-0.2, 0) is 11.3 Å². The number of hydrogen-bond acceptors (Lipinski definition) is 4. The Morgan fingerprint density at radius 1 is 1.43 bits per heavy atom. The van der Waals surface area contributed by atoms with Gasteiger partial charge in [-0.05, 0) is 26.1 Å². The summed E-state index contributed by atoms with van der Waals surface area (Å²) in [5, 5.41) is 5.25. The predicted octanol–water partition coefficient (Wildman–Crippen LogP) is 2.80. The molecule has 21 heavy (non-hydrogen) atoms. The smallest absolute Gasteiger partial charge is 0.238 e. The molecular formula is C14H15F2N3OS. The molecule has 1 amide bonds. The molecule has 0 unspecified atom stereocenters. The first-order valence-electron chi connectivity index (χ1n) is 6.28. The van der Waals surface area contributed by atoms with E-state index < -0.39 is 17.5 Å². The van der Waals surface area contributed by atoms with Crippen molar-refractivity contribution in [2.24, 2.45) is 0 Å². The predicted molar refractivity (Wildman–Crippen MR) is 78.2 cm³/mol. The van der Waals surface area contributed by atoms with Gasteiger partial charge in [0.15, 0.2) is 0 Å². The number of anilines is 1. The molecule has 0 aliphatic heterocycles. The van der Waals surface area contributed by atoms with Crippen molar-refractivity contribution in [3.63, 3.8) is 0 Å². The zero-order valence-corrected chi connectivity index (χ0v) is 12.5. The molecule has 1 N–H and O–H groups in total. The molecule has 112 valence electrons. The van der Waals surface area contributed by atoms with Crippen LogP contribution in [0.15, 0.2) is 23.6 Å². The quantitative estimate of drug-likeness (QED) is 0.923. The van der Waals surface area contributed by atoms with Gasteiger partial charge in [-0.3, -0.25) is 9.69 Å². The summed E-state index contributed by atoms with van der Waals surface area (Å²) >= 11 is 1.54. The fraction of sp³-hybridized carbons (Fsp3) is 0.286. The van der Waals surface area contributed by atoms with Crippen LogP contribution in [-0.4, -0.2) is 29.4 Å². The monoisotopic (exact) mass is 311 g/mol. The second-order valence-corrected chi connectivity index (χ2v) is 5.76. The first kappa shape index (κ1) is 15.5. The third kappa shape index (κ3) is 4.57. The molecule has 0 aliphatic rings. The van der Waals surface area contributed by atoms with E-state index in [0.29, 0.717) is 6.54 Å². The van der Waals surface area contributed by atoms with E-state index in [4.69, 9.17) is 0 Å². The second kappa shape index (κ2) is 6.73. The zero-order chi connectivity index (χ0) is 15.4. The first-order valence-corrected chi connectivity index (χ1v) is 7.16. The SMILES string of the molecule is Cc1nc(CN(C)CC(=O)Nc2cc(F)ccc2F)cs1. The van der Waals surface area contributed by atoms with Gasteiger partial charge in [0.05, 0.1) is 22.9 Å². The summed E-state index contributed by atoms with van der Waals surface area (Å²) in [6.07, 6.45) is 0. The fourth-order valence-corrected chi connectivity index (χ4v) is 2.45. The fourth-order valence-electron chi connectivity index (χ4n) is 1.84. The van der Waals surface area contributed by atoms with Crippen LogP contribution in [0.2, 0.25) is 0 Å². The number of carbonyl (C=O) groups excluding carboxylic acids is 1. The van der Waals surface area contributed by atoms with Gasteiger partial charge in [0.1, 0.15) is 11.6 Å². The number of aryl methyl sites for hydroxylation is 1. The molecule has 1 heterocycles. The molecule has 2 rings (SSSR count). The van der Waals surface area contributed by atoms with E-state index in [1.165, 1.54) is 0 Å². The van der Waals surface area contributed by atoms with Crippen molar-refractivity contribution in [2.45, 2.75) is 13.5 Å². The minimum absolute atomic E-state index is 0.0620. The van der Waals surface area contributed by atoms with Gasteiger partial charge >= 0.3 is 0 Å². The zero-order valence-electron chi connectivity index (χ0n) is 11.7. The lowest BCUT2D eigenvalue weighted by molar-refractivity contribution is -0.117. The van der Waals surface area contributed by atoms with Crippen LogP contribution in [0.5, 0.6) is 0 Å². The Balaban J connectivity index is 1.90. The van der Waals surface area contributed by atoms with Crippen molar-refractivity contribution in [2.75, 3.05) is 18.9 Å². The lowest BCUT2D eigenvalue weighted by Gasteiger charge is -2.15. The average molecular weight is 311 g/mol. The topological polar surface area (TPSA) is 45.2 Å². The van der Waals surface area contributed by atoms with Crippen molar-refractivity contribution in [3.8, 4) is 0 Å². The molecule has 0 bridgehead atoms. The third-order valence-corrected chi connectivity index (χ3v) is 3.54.